The zero-order valence-corrected chi connectivity index (χ0v) is 11.1. The van der Waals surface area contributed by atoms with Crippen LogP contribution in [0.2, 0.25) is 0 Å². The molecule has 5 heteroatoms. The van der Waals surface area contributed by atoms with E-state index in [2.05, 4.69) is 9.97 Å². The topological polar surface area (TPSA) is 61.0 Å². The maximum atomic E-state index is 5.90. The van der Waals surface area contributed by atoms with Crippen LogP contribution in [-0.2, 0) is 11.3 Å². The van der Waals surface area contributed by atoms with Gasteiger partial charge in [-0.3, -0.25) is 0 Å². The lowest BCUT2D eigenvalue weighted by Gasteiger charge is -2.09. The summed E-state index contributed by atoms with van der Waals surface area (Å²) in [5.74, 6) is 1.98. The SMILES string of the molecule is Nc1nc(COCC2CCCC2)nc2sccc12. The molecule has 4 nitrogen and oxygen atoms in total. The standard InChI is InChI=1S/C13H17N3OS/c14-12-10-5-6-18-13(10)16-11(15-12)8-17-7-9-3-1-2-4-9/h5-6,9H,1-4,7-8H2,(H2,14,15,16). The Morgan fingerprint density at radius 3 is 3.00 bits per heavy atom. The van der Waals surface area contributed by atoms with Gasteiger partial charge in [-0.05, 0) is 30.2 Å². The fourth-order valence-corrected chi connectivity index (χ4v) is 3.27. The van der Waals surface area contributed by atoms with Crippen LogP contribution >= 0.6 is 11.3 Å². The zero-order chi connectivity index (χ0) is 12.4. The van der Waals surface area contributed by atoms with E-state index in [1.165, 1.54) is 25.7 Å². The van der Waals surface area contributed by atoms with Gasteiger partial charge in [0.15, 0.2) is 5.82 Å². The minimum absolute atomic E-state index is 0.467. The van der Waals surface area contributed by atoms with Gasteiger partial charge >= 0.3 is 0 Å². The van der Waals surface area contributed by atoms with Gasteiger partial charge in [-0.1, -0.05) is 12.8 Å². The molecule has 2 aromatic heterocycles. The van der Waals surface area contributed by atoms with Crippen LogP contribution in [0.1, 0.15) is 31.5 Å². The quantitative estimate of drug-likeness (QED) is 0.921. The van der Waals surface area contributed by atoms with Crippen LogP contribution < -0.4 is 5.73 Å². The van der Waals surface area contributed by atoms with Crippen LogP contribution in [0.25, 0.3) is 10.2 Å². The Morgan fingerprint density at radius 1 is 1.33 bits per heavy atom. The van der Waals surface area contributed by atoms with Crippen LogP contribution in [0.3, 0.4) is 0 Å². The average Bonchev–Trinajstić information content (AvgIpc) is 2.99. The number of thiophene rings is 1. The van der Waals surface area contributed by atoms with E-state index in [-0.39, 0.29) is 0 Å². The van der Waals surface area contributed by atoms with E-state index in [9.17, 15) is 0 Å². The van der Waals surface area contributed by atoms with E-state index in [4.69, 9.17) is 10.5 Å². The highest BCUT2D eigenvalue weighted by Gasteiger charge is 2.15. The Bertz CT molecular complexity index is 534. The number of nitrogen functional groups attached to an aromatic ring is 1. The number of fused-ring (bicyclic) bond motifs is 1. The Morgan fingerprint density at radius 2 is 2.17 bits per heavy atom. The van der Waals surface area contributed by atoms with Crippen molar-refractivity contribution in [1.82, 2.24) is 9.97 Å². The molecule has 0 aliphatic heterocycles. The van der Waals surface area contributed by atoms with E-state index >= 15 is 0 Å². The van der Waals surface area contributed by atoms with Crippen LogP contribution in [-0.4, -0.2) is 16.6 Å². The molecule has 1 fully saturated rings. The minimum atomic E-state index is 0.467. The molecule has 2 heterocycles. The Hall–Kier alpha value is -1.20. The molecule has 1 aliphatic carbocycles. The number of hydrogen-bond donors (Lipinski definition) is 1. The molecule has 1 saturated carbocycles. The van der Waals surface area contributed by atoms with Gasteiger partial charge < -0.3 is 10.5 Å². The van der Waals surface area contributed by atoms with Gasteiger partial charge in [-0.25, -0.2) is 9.97 Å². The highest BCUT2D eigenvalue weighted by Crippen LogP contribution is 2.25. The Labute approximate surface area is 110 Å². The van der Waals surface area contributed by atoms with Crippen LogP contribution in [0, 0.1) is 5.92 Å². The molecule has 2 aromatic rings. The fraction of sp³-hybridized carbons (Fsp3) is 0.538. The third-order valence-corrected chi connectivity index (χ3v) is 4.27. The Balaban J connectivity index is 1.63. The summed E-state index contributed by atoms with van der Waals surface area (Å²) in [6.45, 7) is 1.29. The number of aromatic nitrogens is 2. The molecule has 1 aliphatic rings. The van der Waals surface area contributed by atoms with Crippen molar-refractivity contribution in [3.05, 3.63) is 17.3 Å². The van der Waals surface area contributed by atoms with Crippen molar-refractivity contribution in [2.24, 2.45) is 5.92 Å². The summed E-state index contributed by atoms with van der Waals surface area (Å²) in [5.41, 5.74) is 5.90. The van der Waals surface area contributed by atoms with Crippen molar-refractivity contribution in [2.45, 2.75) is 32.3 Å². The van der Waals surface area contributed by atoms with E-state index in [1.54, 1.807) is 11.3 Å². The van der Waals surface area contributed by atoms with Gasteiger partial charge in [0.1, 0.15) is 17.3 Å². The number of nitrogens with zero attached hydrogens (tertiary/aromatic N) is 2. The summed E-state index contributed by atoms with van der Waals surface area (Å²) >= 11 is 1.59. The fourth-order valence-electron chi connectivity index (χ4n) is 2.48. The van der Waals surface area contributed by atoms with E-state index < -0.39 is 0 Å². The normalized spacial score (nSPS) is 16.7. The molecule has 0 amide bonds. The largest absolute Gasteiger partial charge is 0.383 e. The van der Waals surface area contributed by atoms with E-state index in [0.717, 1.165) is 22.7 Å². The number of nitrogens with two attached hydrogens (primary N) is 1. The molecule has 0 aromatic carbocycles. The van der Waals surface area contributed by atoms with Gasteiger partial charge in [-0.15, -0.1) is 11.3 Å². The van der Waals surface area contributed by atoms with Gasteiger partial charge in [-0.2, -0.15) is 0 Å². The summed E-state index contributed by atoms with van der Waals surface area (Å²) in [6, 6.07) is 1.96. The third-order valence-electron chi connectivity index (χ3n) is 3.46. The highest BCUT2D eigenvalue weighted by molar-refractivity contribution is 7.16. The molecule has 96 valence electrons. The summed E-state index contributed by atoms with van der Waals surface area (Å²) in [5, 5.41) is 2.93. The van der Waals surface area contributed by atoms with Crippen molar-refractivity contribution in [2.75, 3.05) is 12.3 Å². The highest BCUT2D eigenvalue weighted by atomic mass is 32.1. The number of anilines is 1. The predicted molar refractivity (Wildman–Crippen MR) is 73.4 cm³/mol. The second-order valence-corrected chi connectivity index (χ2v) is 5.72. The predicted octanol–water partition coefficient (Wildman–Crippen LogP) is 2.98. The summed E-state index contributed by atoms with van der Waals surface area (Å²) in [6.07, 6.45) is 5.29. The lowest BCUT2D eigenvalue weighted by molar-refractivity contribution is 0.0846. The first-order valence-electron chi connectivity index (χ1n) is 6.40. The second kappa shape index (κ2) is 5.20. The van der Waals surface area contributed by atoms with Crippen LogP contribution in [0.4, 0.5) is 5.82 Å². The molecule has 0 spiro atoms. The van der Waals surface area contributed by atoms with E-state index in [0.29, 0.717) is 18.2 Å². The first kappa shape index (κ1) is 11.9. The van der Waals surface area contributed by atoms with E-state index in [1.807, 2.05) is 11.4 Å². The van der Waals surface area contributed by atoms with Crippen molar-refractivity contribution >= 4 is 27.4 Å². The number of hydrogen-bond acceptors (Lipinski definition) is 5. The molecule has 0 saturated heterocycles. The second-order valence-electron chi connectivity index (χ2n) is 4.83. The van der Waals surface area contributed by atoms with Crippen molar-refractivity contribution in [3.63, 3.8) is 0 Å². The molecule has 3 rings (SSSR count). The van der Waals surface area contributed by atoms with Crippen LogP contribution in [0.15, 0.2) is 11.4 Å². The zero-order valence-electron chi connectivity index (χ0n) is 10.3. The number of ether oxygens (including phenoxy) is 1. The van der Waals surface area contributed by atoms with Gasteiger partial charge in [0, 0.05) is 6.61 Å². The molecule has 2 N–H and O–H groups in total. The molecule has 0 unspecified atom stereocenters. The van der Waals surface area contributed by atoms with Crippen molar-refractivity contribution in [1.29, 1.82) is 0 Å². The summed E-state index contributed by atoms with van der Waals surface area (Å²) < 4.78 is 5.71. The molecule has 18 heavy (non-hydrogen) atoms. The first-order chi connectivity index (χ1) is 8.83. The number of rotatable bonds is 4. The molecular weight excluding hydrogens is 246 g/mol. The lowest BCUT2D eigenvalue weighted by Crippen LogP contribution is -2.08. The maximum absolute atomic E-state index is 5.90. The average molecular weight is 263 g/mol. The molecular formula is C13H17N3OS. The third kappa shape index (κ3) is 2.47. The van der Waals surface area contributed by atoms with Crippen molar-refractivity contribution in [3.8, 4) is 0 Å². The van der Waals surface area contributed by atoms with Gasteiger partial charge in [0.2, 0.25) is 0 Å². The molecule has 0 atom stereocenters. The monoisotopic (exact) mass is 263 g/mol. The lowest BCUT2D eigenvalue weighted by atomic mass is 10.1. The van der Waals surface area contributed by atoms with Gasteiger partial charge in [0.25, 0.3) is 0 Å². The molecule has 0 radical (unpaired) electrons. The molecule has 0 bridgehead atoms. The van der Waals surface area contributed by atoms with Crippen molar-refractivity contribution < 1.29 is 4.74 Å². The first-order valence-corrected chi connectivity index (χ1v) is 7.28. The minimum Gasteiger partial charge on any atom is -0.383 e. The summed E-state index contributed by atoms with van der Waals surface area (Å²) in [7, 11) is 0. The van der Waals surface area contributed by atoms with Crippen LogP contribution in [0.5, 0.6) is 0 Å². The summed E-state index contributed by atoms with van der Waals surface area (Å²) in [4.78, 5) is 9.69. The smallest absolute Gasteiger partial charge is 0.158 e. The maximum Gasteiger partial charge on any atom is 0.158 e. The van der Waals surface area contributed by atoms with Gasteiger partial charge in [0.05, 0.1) is 5.39 Å². The Kier molecular flexibility index (Phi) is 3.43.